The fourth-order valence-electron chi connectivity index (χ4n) is 7.49. The number of carbonyl (C=O) groups excluding carboxylic acids is 3. The van der Waals surface area contributed by atoms with Gasteiger partial charge in [0.1, 0.15) is 28.9 Å². The third-order valence-electron chi connectivity index (χ3n) is 10.6. The molecule has 0 saturated carbocycles. The van der Waals surface area contributed by atoms with Crippen LogP contribution in [0.1, 0.15) is 54.1 Å². The number of rotatable bonds is 6. The van der Waals surface area contributed by atoms with Gasteiger partial charge in [0, 0.05) is 80.0 Å². The Balaban J connectivity index is 0.932. The molecule has 2 aromatic heterocycles. The third kappa shape index (κ3) is 5.84. The molecule has 3 saturated heterocycles. The van der Waals surface area contributed by atoms with Crippen LogP contribution in [0.5, 0.6) is 0 Å². The van der Waals surface area contributed by atoms with Crippen molar-refractivity contribution in [3.05, 3.63) is 64.1 Å². The molecule has 6 heterocycles. The second kappa shape index (κ2) is 12.6. The Kier molecular flexibility index (Phi) is 8.19. The molecule has 4 N–H and O–H groups in total. The van der Waals surface area contributed by atoms with E-state index in [4.69, 9.17) is 27.3 Å². The quantitative estimate of drug-likeness (QED) is 0.255. The van der Waals surface area contributed by atoms with Crippen LogP contribution in [-0.2, 0) is 22.7 Å². The number of aromatic nitrogens is 4. The molecule has 260 valence electrons. The van der Waals surface area contributed by atoms with Crippen molar-refractivity contribution in [3.63, 3.8) is 0 Å². The number of piperazine rings is 1. The highest BCUT2D eigenvalue weighted by molar-refractivity contribution is 6.36. The predicted molar refractivity (Wildman–Crippen MR) is 186 cm³/mol. The number of fused-ring (bicyclic) bond motifs is 2. The molecule has 13 nitrogen and oxygen atoms in total. The van der Waals surface area contributed by atoms with E-state index in [-0.39, 0.29) is 42.3 Å². The van der Waals surface area contributed by atoms with Crippen molar-refractivity contribution in [2.75, 3.05) is 49.1 Å². The number of amides is 3. The first kappa shape index (κ1) is 32.5. The second-order valence-corrected chi connectivity index (χ2v) is 14.4. The van der Waals surface area contributed by atoms with Crippen LogP contribution in [0.15, 0.2) is 36.5 Å². The fraction of sp³-hybridized carbons (Fsp3) is 0.429. The van der Waals surface area contributed by atoms with Crippen molar-refractivity contribution in [2.24, 2.45) is 5.73 Å². The summed E-state index contributed by atoms with van der Waals surface area (Å²) in [6.07, 6.45) is 3.94. The minimum atomic E-state index is -0.782. The van der Waals surface area contributed by atoms with Crippen molar-refractivity contribution in [1.29, 1.82) is 0 Å². The van der Waals surface area contributed by atoms with Gasteiger partial charge in [-0.2, -0.15) is 5.10 Å². The van der Waals surface area contributed by atoms with Gasteiger partial charge in [-0.3, -0.25) is 29.7 Å². The van der Waals surface area contributed by atoms with E-state index >= 15 is 4.39 Å². The number of nitrogens with one attached hydrogen (secondary N) is 2. The largest absolute Gasteiger partial charge is 0.368 e. The van der Waals surface area contributed by atoms with E-state index in [1.807, 2.05) is 18.2 Å². The number of anilines is 2. The smallest absolute Gasteiger partial charge is 0.255 e. The Morgan fingerprint density at radius 3 is 2.56 bits per heavy atom. The highest BCUT2D eigenvalue weighted by Crippen LogP contribution is 2.38. The topological polar surface area (TPSA) is 157 Å². The summed E-state index contributed by atoms with van der Waals surface area (Å²) in [7, 11) is 0. The molecule has 0 aliphatic carbocycles. The predicted octanol–water partition coefficient (Wildman–Crippen LogP) is 3.21. The first-order valence-corrected chi connectivity index (χ1v) is 17.4. The lowest BCUT2D eigenvalue weighted by Gasteiger charge is -2.37. The summed E-state index contributed by atoms with van der Waals surface area (Å²) in [5, 5.41) is 10.5. The first-order valence-electron chi connectivity index (χ1n) is 17.0. The number of hydrogen-bond donors (Lipinski definition) is 3. The molecule has 3 amide bonds. The van der Waals surface area contributed by atoms with Gasteiger partial charge < -0.3 is 20.4 Å². The van der Waals surface area contributed by atoms with Crippen LogP contribution < -0.4 is 20.9 Å². The third-order valence-corrected chi connectivity index (χ3v) is 11.0. The lowest BCUT2D eigenvalue weighted by Crippen LogP contribution is -2.52. The highest BCUT2D eigenvalue weighted by atomic mass is 35.5. The highest BCUT2D eigenvalue weighted by Gasteiger charge is 2.40. The van der Waals surface area contributed by atoms with Crippen molar-refractivity contribution in [3.8, 4) is 11.3 Å². The number of carbonyl (C=O) groups is 3. The van der Waals surface area contributed by atoms with Gasteiger partial charge in [0.15, 0.2) is 5.65 Å². The summed E-state index contributed by atoms with van der Waals surface area (Å²) < 4.78 is 15.8. The standard InChI is InChI=1S/C35H38ClFN10O3/c1-35(38)9-11-46(12-10-35)26-17-39-31-30(42-43-32(31)40-26)22-3-2-4-24(28(22)36)45-15-13-44(14-16-45)18-20-5-6-21-23(29(20)37)19-47(34(21)50)25-7-8-27(48)41-33(25)49/h2-6,17,25H,7-16,18-19,38H2,1H3,(H,40,42,43)(H,41,48,49). The number of aromatic amines is 1. The first-order chi connectivity index (χ1) is 24.1. The van der Waals surface area contributed by atoms with Gasteiger partial charge in [0.05, 0.1) is 23.5 Å². The summed E-state index contributed by atoms with van der Waals surface area (Å²) in [6.45, 7) is 6.84. The lowest BCUT2D eigenvalue weighted by molar-refractivity contribution is -0.136. The molecule has 50 heavy (non-hydrogen) atoms. The normalized spacial score (nSPS) is 21.2. The van der Waals surface area contributed by atoms with E-state index in [9.17, 15) is 14.4 Å². The number of piperidine rings is 2. The summed E-state index contributed by atoms with van der Waals surface area (Å²) in [6, 6.07) is 8.42. The molecule has 0 spiro atoms. The summed E-state index contributed by atoms with van der Waals surface area (Å²) in [5.74, 6) is -0.878. The van der Waals surface area contributed by atoms with E-state index in [2.05, 4.69) is 37.1 Å². The summed E-state index contributed by atoms with van der Waals surface area (Å²) >= 11 is 7.05. The summed E-state index contributed by atoms with van der Waals surface area (Å²) in [5.41, 5.74) is 10.8. The Labute approximate surface area is 292 Å². The van der Waals surface area contributed by atoms with E-state index in [1.54, 1.807) is 18.3 Å². The van der Waals surface area contributed by atoms with E-state index in [0.29, 0.717) is 65.7 Å². The monoisotopic (exact) mass is 700 g/mol. The maximum atomic E-state index is 15.8. The fourth-order valence-corrected chi connectivity index (χ4v) is 7.82. The Bertz CT molecular complexity index is 2020. The molecule has 4 aromatic rings. The van der Waals surface area contributed by atoms with Gasteiger partial charge in [0.25, 0.3) is 5.91 Å². The minimum Gasteiger partial charge on any atom is -0.368 e. The van der Waals surface area contributed by atoms with Crippen molar-refractivity contribution < 1.29 is 18.8 Å². The Morgan fingerprint density at radius 2 is 1.80 bits per heavy atom. The average Bonchev–Trinajstić information content (AvgIpc) is 3.67. The molecule has 1 unspecified atom stereocenters. The molecule has 4 aliphatic heterocycles. The number of nitrogens with zero attached hydrogens (tertiary/aromatic N) is 7. The number of H-pyrrole nitrogens is 1. The van der Waals surface area contributed by atoms with Crippen LogP contribution in [0.2, 0.25) is 5.02 Å². The zero-order valence-corrected chi connectivity index (χ0v) is 28.5. The molecule has 3 fully saturated rings. The second-order valence-electron chi connectivity index (χ2n) is 14.0. The van der Waals surface area contributed by atoms with E-state index in [1.165, 1.54) is 4.90 Å². The van der Waals surface area contributed by atoms with Crippen LogP contribution >= 0.6 is 11.6 Å². The van der Waals surface area contributed by atoms with Crippen LogP contribution in [-0.4, -0.2) is 98.5 Å². The zero-order valence-electron chi connectivity index (χ0n) is 27.7. The van der Waals surface area contributed by atoms with Gasteiger partial charge in [-0.15, -0.1) is 0 Å². The van der Waals surface area contributed by atoms with Crippen LogP contribution in [0.3, 0.4) is 0 Å². The van der Waals surface area contributed by atoms with E-state index in [0.717, 1.165) is 43.0 Å². The number of nitrogens with two attached hydrogens (primary N) is 1. The van der Waals surface area contributed by atoms with Gasteiger partial charge in [-0.1, -0.05) is 29.8 Å². The molecule has 15 heteroatoms. The molecular weight excluding hydrogens is 663 g/mol. The number of hydrogen-bond acceptors (Lipinski definition) is 10. The van der Waals surface area contributed by atoms with Crippen molar-refractivity contribution >= 4 is 52.0 Å². The lowest BCUT2D eigenvalue weighted by atomic mass is 9.91. The van der Waals surface area contributed by atoms with E-state index < -0.39 is 17.8 Å². The Hall–Kier alpha value is -4.66. The summed E-state index contributed by atoms with van der Waals surface area (Å²) in [4.78, 5) is 54.6. The molecule has 2 aromatic carbocycles. The maximum absolute atomic E-state index is 15.8. The van der Waals surface area contributed by atoms with Crippen LogP contribution in [0.25, 0.3) is 22.4 Å². The molecule has 1 atom stereocenters. The Morgan fingerprint density at radius 1 is 1.02 bits per heavy atom. The number of imide groups is 1. The van der Waals surface area contributed by atoms with Gasteiger partial charge in [-0.25, -0.2) is 14.4 Å². The molecule has 4 aliphatic rings. The molecule has 8 rings (SSSR count). The van der Waals surface area contributed by atoms with Gasteiger partial charge in [0.2, 0.25) is 11.8 Å². The zero-order chi connectivity index (χ0) is 34.7. The minimum absolute atomic E-state index is 0.00747. The van der Waals surface area contributed by atoms with Gasteiger partial charge >= 0.3 is 0 Å². The van der Waals surface area contributed by atoms with Crippen molar-refractivity contribution in [2.45, 2.75) is 57.3 Å². The van der Waals surface area contributed by atoms with Crippen LogP contribution in [0.4, 0.5) is 15.9 Å². The number of halogens is 2. The van der Waals surface area contributed by atoms with Crippen LogP contribution in [0, 0.1) is 5.82 Å². The molecular formula is C35H38ClFN10O3. The molecule has 0 radical (unpaired) electrons. The molecule has 0 bridgehead atoms. The number of benzene rings is 2. The van der Waals surface area contributed by atoms with Gasteiger partial charge in [-0.05, 0) is 38.3 Å². The maximum Gasteiger partial charge on any atom is 0.255 e. The SMILES string of the molecule is CC1(N)CCN(c2cnc3c(-c4cccc(N5CCN(Cc6ccc7c(c6F)CN(C6CCC(=O)NC6=O)C7=O)CC5)c4Cl)n[nH]c3n2)CC1. The average molecular weight is 701 g/mol. The van der Waals surface area contributed by atoms with Crippen molar-refractivity contribution in [1.82, 2.24) is 35.3 Å².